The standard InChI is InChI=1S/C12H21N3O3/c1-8-5-7-14-10(8)11(16)15-6-3-2-4-9(13)12(17)18/h7-10H,2-6,13H2,1H3,(H,15,16)(H,17,18). The molecular formula is C12H21N3O3. The van der Waals surface area contributed by atoms with Gasteiger partial charge >= 0.3 is 5.97 Å². The molecule has 0 aromatic carbocycles. The van der Waals surface area contributed by atoms with Gasteiger partial charge in [0.05, 0.1) is 0 Å². The van der Waals surface area contributed by atoms with Crippen LogP contribution >= 0.6 is 0 Å². The van der Waals surface area contributed by atoms with Crippen molar-refractivity contribution in [1.29, 1.82) is 0 Å². The average molecular weight is 255 g/mol. The Balaban J connectivity index is 2.09. The van der Waals surface area contributed by atoms with E-state index in [1.165, 1.54) is 0 Å². The molecule has 3 atom stereocenters. The highest BCUT2D eigenvalue weighted by atomic mass is 16.4. The maximum atomic E-state index is 11.7. The Hall–Kier alpha value is -1.43. The summed E-state index contributed by atoms with van der Waals surface area (Å²) in [4.78, 5) is 26.3. The SMILES string of the molecule is CC1CC=NC1C(=O)NCCCCC(N)C(=O)O. The minimum atomic E-state index is -0.979. The molecule has 6 nitrogen and oxygen atoms in total. The molecule has 1 amide bonds. The van der Waals surface area contributed by atoms with E-state index in [0.29, 0.717) is 19.4 Å². The highest BCUT2D eigenvalue weighted by Crippen LogP contribution is 2.16. The molecule has 1 aliphatic heterocycles. The van der Waals surface area contributed by atoms with Gasteiger partial charge in [0, 0.05) is 12.8 Å². The minimum Gasteiger partial charge on any atom is -0.480 e. The van der Waals surface area contributed by atoms with Crippen LogP contribution in [0.1, 0.15) is 32.6 Å². The van der Waals surface area contributed by atoms with Crippen molar-refractivity contribution >= 4 is 18.1 Å². The fourth-order valence-electron chi connectivity index (χ4n) is 1.87. The summed E-state index contributed by atoms with van der Waals surface area (Å²) < 4.78 is 0. The number of carboxylic acids is 1. The number of aliphatic carboxylic acids is 1. The lowest BCUT2D eigenvalue weighted by molar-refractivity contribution is -0.138. The molecule has 0 saturated heterocycles. The van der Waals surface area contributed by atoms with Crippen LogP contribution < -0.4 is 11.1 Å². The number of carboxylic acid groups (broad SMARTS) is 1. The second-order valence-corrected chi connectivity index (χ2v) is 4.72. The van der Waals surface area contributed by atoms with Crippen LogP contribution in [0, 0.1) is 5.92 Å². The number of nitrogens with one attached hydrogen (secondary N) is 1. The zero-order valence-electron chi connectivity index (χ0n) is 10.6. The van der Waals surface area contributed by atoms with Gasteiger partial charge in [-0.25, -0.2) is 0 Å². The maximum Gasteiger partial charge on any atom is 0.320 e. The Morgan fingerprint density at radius 3 is 2.83 bits per heavy atom. The highest BCUT2D eigenvalue weighted by molar-refractivity contribution is 5.85. The van der Waals surface area contributed by atoms with Gasteiger partial charge in [0.25, 0.3) is 0 Å². The van der Waals surface area contributed by atoms with Crippen LogP contribution in [0.3, 0.4) is 0 Å². The molecule has 0 fully saturated rings. The average Bonchev–Trinajstić information content (AvgIpc) is 2.74. The van der Waals surface area contributed by atoms with Crippen molar-refractivity contribution in [2.24, 2.45) is 16.6 Å². The Bertz CT molecular complexity index is 331. The first-order chi connectivity index (χ1) is 8.52. The van der Waals surface area contributed by atoms with Crippen molar-refractivity contribution in [3.05, 3.63) is 0 Å². The molecule has 0 saturated carbocycles. The first-order valence-corrected chi connectivity index (χ1v) is 6.30. The second kappa shape index (κ2) is 7.10. The van der Waals surface area contributed by atoms with Crippen LogP contribution in [0.5, 0.6) is 0 Å². The molecule has 1 rings (SSSR count). The number of hydrogen-bond donors (Lipinski definition) is 3. The monoisotopic (exact) mass is 255 g/mol. The van der Waals surface area contributed by atoms with E-state index in [4.69, 9.17) is 10.8 Å². The third kappa shape index (κ3) is 4.44. The molecule has 0 spiro atoms. The predicted molar refractivity (Wildman–Crippen MR) is 68.5 cm³/mol. The Kier molecular flexibility index (Phi) is 5.77. The van der Waals surface area contributed by atoms with Crippen LogP contribution in [0.4, 0.5) is 0 Å². The topological polar surface area (TPSA) is 105 Å². The van der Waals surface area contributed by atoms with Crippen molar-refractivity contribution < 1.29 is 14.7 Å². The Morgan fingerprint density at radius 2 is 2.28 bits per heavy atom. The van der Waals surface area contributed by atoms with Gasteiger partial charge in [-0.15, -0.1) is 0 Å². The van der Waals surface area contributed by atoms with Crippen molar-refractivity contribution in [3.8, 4) is 0 Å². The molecule has 0 bridgehead atoms. The summed E-state index contributed by atoms with van der Waals surface area (Å²) in [6.45, 7) is 2.55. The third-order valence-electron chi connectivity index (χ3n) is 3.11. The van der Waals surface area contributed by atoms with Crippen LogP contribution in [-0.4, -0.2) is 41.8 Å². The highest BCUT2D eigenvalue weighted by Gasteiger charge is 2.26. The maximum absolute atomic E-state index is 11.7. The Morgan fingerprint density at radius 1 is 1.56 bits per heavy atom. The molecule has 6 heteroatoms. The van der Waals surface area contributed by atoms with E-state index in [1.807, 2.05) is 6.92 Å². The number of nitrogens with two attached hydrogens (primary N) is 1. The van der Waals surface area contributed by atoms with Crippen molar-refractivity contribution in [2.45, 2.75) is 44.7 Å². The lowest BCUT2D eigenvalue weighted by Gasteiger charge is -2.13. The predicted octanol–water partition coefficient (Wildman–Crippen LogP) is 0.164. The van der Waals surface area contributed by atoms with Crippen LogP contribution in [0.25, 0.3) is 0 Å². The van der Waals surface area contributed by atoms with Crippen molar-refractivity contribution in [3.63, 3.8) is 0 Å². The summed E-state index contributed by atoms with van der Waals surface area (Å²) in [7, 11) is 0. The summed E-state index contributed by atoms with van der Waals surface area (Å²) in [5.41, 5.74) is 5.37. The van der Waals surface area contributed by atoms with Crippen molar-refractivity contribution in [2.75, 3.05) is 6.54 Å². The normalized spacial score (nSPS) is 23.9. The van der Waals surface area contributed by atoms with E-state index in [1.54, 1.807) is 6.21 Å². The second-order valence-electron chi connectivity index (χ2n) is 4.72. The number of unbranched alkanes of at least 4 members (excludes halogenated alkanes) is 1. The quantitative estimate of drug-likeness (QED) is 0.564. The molecule has 0 aromatic rings. The molecule has 18 heavy (non-hydrogen) atoms. The number of carbonyl (C=O) groups excluding carboxylic acids is 1. The van der Waals surface area contributed by atoms with Crippen LogP contribution in [0.15, 0.2) is 4.99 Å². The number of rotatable bonds is 7. The van der Waals surface area contributed by atoms with E-state index in [-0.39, 0.29) is 17.9 Å². The minimum absolute atomic E-state index is 0.0428. The van der Waals surface area contributed by atoms with E-state index >= 15 is 0 Å². The number of amides is 1. The zero-order valence-corrected chi connectivity index (χ0v) is 10.6. The van der Waals surface area contributed by atoms with E-state index in [2.05, 4.69) is 10.3 Å². The molecule has 1 aliphatic rings. The first kappa shape index (κ1) is 14.6. The first-order valence-electron chi connectivity index (χ1n) is 6.30. The molecule has 0 aliphatic carbocycles. The van der Waals surface area contributed by atoms with Gasteiger partial charge in [0.1, 0.15) is 12.1 Å². The smallest absolute Gasteiger partial charge is 0.320 e. The van der Waals surface area contributed by atoms with Gasteiger partial charge in [0.15, 0.2) is 0 Å². The van der Waals surface area contributed by atoms with Gasteiger partial charge < -0.3 is 16.2 Å². The van der Waals surface area contributed by atoms with Gasteiger partial charge in [0.2, 0.25) is 5.91 Å². The van der Waals surface area contributed by atoms with Crippen LogP contribution in [-0.2, 0) is 9.59 Å². The summed E-state index contributed by atoms with van der Waals surface area (Å²) in [5.74, 6) is -0.752. The summed E-state index contributed by atoms with van der Waals surface area (Å²) in [5, 5.41) is 11.4. The number of carbonyl (C=O) groups is 2. The molecular weight excluding hydrogens is 234 g/mol. The fraction of sp³-hybridized carbons (Fsp3) is 0.750. The molecule has 102 valence electrons. The van der Waals surface area contributed by atoms with E-state index < -0.39 is 12.0 Å². The molecule has 0 aromatic heterocycles. The number of aliphatic imine (C=N–C) groups is 1. The van der Waals surface area contributed by atoms with Gasteiger partial charge in [-0.3, -0.25) is 14.6 Å². The molecule has 0 radical (unpaired) electrons. The number of hydrogen-bond acceptors (Lipinski definition) is 4. The van der Waals surface area contributed by atoms with Gasteiger partial charge in [-0.05, 0) is 31.6 Å². The van der Waals surface area contributed by atoms with E-state index in [0.717, 1.165) is 12.8 Å². The zero-order chi connectivity index (χ0) is 13.5. The molecule has 3 unspecified atom stereocenters. The summed E-state index contributed by atoms with van der Waals surface area (Å²) in [6.07, 6.45) is 4.50. The fourth-order valence-corrected chi connectivity index (χ4v) is 1.87. The van der Waals surface area contributed by atoms with Crippen LogP contribution in [0.2, 0.25) is 0 Å². The Labute approximate surface area is 107 Å². The van der Waals surface area contributed by atoms with E-state index in [9.17, 15) is 9.59 Å². The van der Waals surface area contributed by atoms with Gasteiger partial charge in [-0.2, -0.15) is 0 Å². The summed E-state index contributed by atoms with van der Waals surface area (Å²) in [6, 6.07) is -1.06. The van der Waals surface area contributed by atoms with Crippen molar-refractivity contribution in [1.82, 2.24) is 5.32 Å². The van der Waals surface area contributed by atoms with Gasteiger partial charge in [-0.1, -0.05) is 6.92 Å². The lowest BCUT2D eigenvalue weighted by Crippen LogP contribution is -2.36. The number of nitrogens with zero attached hydrogens (tertiary/aromatic N) is 1. The largest absolute Gasteiger partial charge is 0.480 e. The summed E-state index contributed by atoms with van der Waals surface area (Å²) >= 11 is 0. The third-order valence-corrected chi connectivity index (χ3v) is 3.11. The lowest BCUT2D eigenvalue weighted by atomic mass is 10.0. The molecule has 1 heterocycles. The molecule has 4 N–H and O–H groups in total.